The van der Waals surface area contributed by atoms with E-state index in [1.54, 1.807) is 13.1 Å². The zero-order chi connectivity index (χ0) is 37.1. The molecule has 3 aromatic carbocycles. The van der Waals surface area contributed by atoms with E-state index in [1.165, 1.54) is 0 Å². The summed E-state index contributed by atoms with van der Waals surface area (Å²) < 4.78 is 20.5. The van der Waals surface area contributed by atoms with Gasteiger partial charge in [0.2, 0.25) is 17.7 Å². The molecule has 1 spiro atoms. The molecule has 0 saturated heterocycles. The highest BCUT2D eigenvalue weighted by Crippen LogP contribution is 2.61. The van der Waals surface area contributed by atoms with Gasteiger partial charge in [-0.3, -0.25) is 9.59 Å². The van der Waals surface area contributed by atoms with Crippen molar-refractivity contribution < 1.29 is 33.4 Å². The summed E-state index contributed by atoms with van der Waals surface area (Å²) in [6.07, 6.45) is 3.28. The summed E-state index contributed by atoms with van der Waals surface area (Å²) in [5.74, 6) is 0.510. The molecule has 274 valence electrons. The second-order valence-electron chi connectivity index (χ2n) is 15.4. The normalized spacial score (nSPS) is 21.9. The second kappa shape index (κ2) is 11.6. The topological polar surface area (TPSA) is 176 Å². The van der Waals surface area contributed by atoms with Crippen molar-refractivity contribution in [3.8, 4) is 39.8 Å². The third-order valence-corrected chi connectivity index (χ3v) is 12.2. The first kappa shape index (κ1) is 32.9. The molecule has 1 unspecified atom stereocenters. The molecule has 0 aliphatic carbocycles. The summed E-state index contributed by atoms with van der Waals surface area (Å²) in [6, 6.07) is 17.6. The van der Waals surface area contributed by atoms with Crippen molar-refractivity contribution in [2.45, 2.75) is 57.7 Å². The number of anilines is 1. The number of fused-ring (bicyclic) bond motifs is 7. The molecular weight excluding hydrogens is 686 g/mol. The fourth-order valence-corrected chi connectivity index (χ4v) is 9.06. The Bertz CT molecular complexity index is 2520. The molecular formula is C42H39N5O7. The summed E-state index contributed by atoms with van der Waals surface area (Å²) in [5.41, 5.74) is 5.25. The van der Waals surface area contributed by atoms with E-state index in [1.807, 2.05) is 50.4 Å². The van der Waals surface area contributed by atoms with Crippen LogP contribution in [0.3, 0.4) is 0 Å². The molecule has 4 aliphatic heterocycles. The summed E-state index contributed by atoms with van der Waals surface area (Å²) in [6.45, 7) is 4.67. The van der Waals surface area contributed by atoms with Crippen LogP contribution in [0.5, 0.6) is 5.75 Å². The molecule has 4 atom stereocenters. The Morgan fingerprint density at radius 2 is 1.83 bits per heavy atom. The molecule has 12 nitrogen and oxygen atoms in total. The first-order valence-electron chi connectivity index (χ1n) is 18.5. The SMILES string of the molecule is CCC(CO)(CO)C(=O)C[C@H]1Cc2ccc3c(c2)C24c5cccc(c5N[C@H]2O3)-c2cccc3[nH]cc(c23)-c2cnc(o2)-c2nc(oc24)[C@H](C(C)C)NC1=O. The van der Waals surface area contributed by atoms with Gasteiger partial charge in [-0.25, -0.2) is 9.97 Å². The number of para-hydroxylation sites is 1. The van der Waals surface area contributed by atoms with Gasteiger partial charge in [0.25, 0.3) is 0 Å². The van der Waals surface area contributed by atoms with E-state index in [9.17, 15) is 19.8 Å². The predicted octanol–water partition coefficient (Wildman–Crippen LogP) is 6.26. The van der Waals surface area contributed by atoms with Crippen molar-refractivity contribution in [3.63, 3.8) is 0 Å². The first-order valence-corrected chi connectivity index (χ1v) is 18.5. The molecule has 6 aromatic rings. The minimum atomic E-state index is -1.35. The highest BCUT2D eigenvalue weighted by Gasteiger charge is 2.61. The number of H-pyrrole nitrogens is 1. The Hall–Kier alpha value is -5.72. The number of hydrogen-bond donors (Lipinski definition) is 5. The van der Waals surface area contributed by atoms with E-state index >= 15 is 0 Å². The van der Waals surface area contributed by atoms with Gasteiger partial charge in [-0.1, -0.05) is 63.2 Å². The highest BCUT2D eigenvalue weighted by atomic mass is 16.5. The lowest BCUT2D eigenvalue weighted by molar-refractivity contribution is -0.139. The van der Waals surface area contributed by atoms with Crippen LogP contribution in [0, 0.1) is 17.3 Å². The van der Waals surface area contributed by atoms with Crippen molar-refractivity contribution in [1.82, 2.24) is 20.3 Å². The third-order valence-electron chi connectivity index (χ3n) is 12.2. The van der Waals surface area contributed by atoms with Crippen LogP contribution in [-0.2, 0) is 21.4 Å². The number of aromatic nitrogens is 3. The third kappa shape index (κ3) is 4.32. The average molecular weight is 726 g/mol. The van der Waals surface area contributed by atoms with Gasteiger partial charge in [-0.15, -0.1) is 0 Å². The summed E-state index contributed by atoms with van der Waals surface area (Å²) in [5, 5.41) is 28.4. The van der Waals surface area contributed by atoms with Gasteiger partial charge in [0.1, 0.15) is 23.0 Å². The average Bonchev–Trinajstić information content (AvgIpc) is 4.00. The molecule has 3 aromatic heterocycles. The Labute approximate surface area is 310 Å². The van der Waals surface area contributed by atoms with Gasteiger partial charge in [0.15, 0.2) is 23.4 Å². The molecule has 54 heavy (non-hydrogen) atoms. The van der Waals surface area contributed by atoms with Gasteiger partial charge in [0, 0.05) is 57.4 Å². The predicted molar refractivity (Wildman–Crippen MR) is 199 cm³/mol. The van der Waals surface area contributed by atoms with Crippen LogP contribution in [0.1, 0.15) is 68.0 Å². The van der Waals surface area contributed by atoms with E-state index in [4.69, 9.17) is 23.5 Å². The number of Topliss-reactive ketones (excluding diaryl/α,β-unsaturated/α-hetero) is 1. The van der Waals surface area contributed by atoms with E-state index in [2.05, 4.69) is 39.9 Å². The smallest absolute Gasteiger partial charge is 0.249 e. The minimum absolute atomic E-state index is 0.173. The van der Waals surface area contributed by atoms with Gasteiger partial charge >= 0.3 is 0 Å². The number of carbonyl (C=O) groups is 2. The fourth-order valence-electron chi connectivity index (χ4n) is 9.06. The van der Waals surface area contributed by atoms with Crippen LogP contribution in [0.2, 0.25) is 0 Å². The van der Waals surface area contributed by atoms with E-state index in [0.29, 0.717) is 23.0 Å². The van der Waals surface area contributed by atoms with E-state index in [0.717, 1.165) is 50.0 Å². The zero-order valence-corrected chi connectivity index (χ0v) is 30.0. The molecule has 7 heterocycles. The van der Waals surface area contributed by atoms with Crippen LogP contribution in [0.15, 0.2) is 75.8 Å². The number of oxazole rings is 2. The van der Waals surface area contributed by atoms with Gasteiger partial charge in [0.05, 0.1) is 24.8 Å². The summed E-state index contributed by atoms with van der Waals surface area (Å²) in [4.78, 5) is 41.5. The summed E-state index contributed by atoms with van der Waals surface area (Å²) >= 11 is 0. The van der Waals surface area contributed by atoms with E-state index < -0.39 is 42.2 Å². The Morgan fingerprint density at radius 1 is 1.02 bits per heavy atom. The van der Waals surface area contributed by atoms with Crippen molar-refractivity contribution >= 4 is 28.3 Å². The number of hydrogen-bond acceptors (Lipinski definition) is 10. The number of aliphatic hydroxyl groups excluding tert-OH is 2. The molecule has 10 rings (SSSR count). The Morgan fingerprint density at radius 3 is 2.63 bits per heavy atom. The standard InChI is InChI=1S/C42H39N5O7/c1-4-41(18-48,19-49)31(50)15-22-13-21-11-12-29-27(14-21)42-26-9-5-8-24(34(26)47-40(42)53-29)23-7-6-10-28-32(23)25(16-43-28)30-17-44-38(52-30)35-36(42)54-39(46-35)33(20(2)3)45-37(22)51/h5-12,14,16-17,20,22,33,40,43,47-49H,4,13,15,18-19H2,1-3H3,(H,45,51)/t22-,33+,40+,42?/m1/s1. The lowest BCUT2D eigenvalue weighted by atomic mass is 9.71. The van der Waals surface area contributed by atoms with Gasteiger partial charge in [-0.05, 0) is 42.0 Å². The van der Waals surface area contributed by atoms with Gasteiger partial charge in [-0.2, -0.15) is 0 Å². The number of nitrogens with one attached hydrogen (secondary N) is 3. The lowest BCUT2D eigenvalue weighted by Gasteiger charge is -2.30. The molecule has 0 radical (unpaired) electrons. The molecule has 5 N–H and O–H groups in total. The quantitative estimate of drug-likeness (QED) is 0.126. The van der Waals surface area contributed by atoms with Crippen LogP contribution in [0.25, 0.3) is 44.9 Å². The molecule has 12 heteroatoms. The van der Waals surface area contributed by atoms with E-state index in [-0.39, 0.29) is 48.7 Å². The number of carbonyl (C=O) groups excluding carboxylic acids is 2. The maximum atomic E-state index is 14.4. The number of nitrogens with zero attached hydrogens (tertiary/aromatic N) is 2. The number of rotatable bonds is 7. The molecule has 4 aliphatic rings. The largest absolute Gasteiger partial charge is 0.469 e. The molecule has 10 bridgehead atoms. The monoisotopic (exact) mass is 725 g/mol. The maximum Gasteiger partial charge on any atom is 0.249 e. The van der Waals surface area contributed by atoms with Crippen LogP contribution in [0.4, 0.5) is 5.69 Å². The molecule has 0 saturated carbocycles. The maximum absolute atomic E-state index is 14.4. The van der Waals surface area contributed by atoms with Gasteiger partial charge < -0.3 is 39.4 Å². The van der Waals surface area contributed by atoms with Crippen molar-refractivity contribution in [1.29, 1.82) is 0 Å². The Balaban J connectivity index is 1.26. The number of amides is 1. The zero-order valence-electron chi connectivity index (χ0n) is 30.0. The van der Waals surface area contributed by atoms with Crippen LogP contribution >= 0.6 is 0 Å². The summed E-state index contributed by atoms with van der Waals surface area (Å²) in [7, 11) is 0. The van der Waals surface area contributed by atoms with Crippen LogP contribution in [-0.4, -0.2) is 56.3 Å². The number of ether oxygens (including phenoxy) is 1. The second-order valence-corrected chi connectivity index (χ2v) is 15.4. The van der Waals surface area contributed by atoms with Crippen molar-refractivity contribution in [2.75, 3.05) is 18.5 Å². The van der Waals surface area contributed by atoms with Crippen molar-refractivity contribution in [3.05, 3.63) is 95.3 Å². The number of aliphatic hydroxyl groups is 2. The lowest BCUT2D eigenvalue weighted by Crippen LogP contribution is -2.43. The Kier molecular flexibility index (Phi) is 7.09. The number of benzene rings is 3. The first-order chi connectivity index (χ1) is 26.2. The molecule has 1 amide bonds. The minimum Gasteiger partial charge on any atom is -0.469 e. The molecule has 0 fully saturated rings. The van der Waals surface area contributed by atoms with Crippen molar-refractivity contribution in [2.24, 2.45) is 17.3 Å². The number of aromatic amines is 1. The van der Waals surface area contributed by atoms with Crippen LogP contribution < -0.4 is 15.4 Å². The highest BCUT2D eigenvalue weighted by molar-refractivity contribution is 6.07. The number of ketones is 1. The fraction of sp³-hybridized carbons (Fsp3) is 0.333.